The monoisotopic (exact) mass is 468 g/mol. The molecule has 1 N–H and O–H groups in total. The van der Waals surface area contributed by atoms with Crippen molar-refractivity contribution < 1.29 is 13.2 Å². The van der Waals surface area contributed by atoms with E-state index in [4.69, 9.17) is 0 Å². The average molecular weight is 469 g/mol. The molecule has 7 nitrogen and oxygen atoms in total. The Balaban J connectivity index is 1.77. The Morgan fingerprint density at radius 3 is 2.56 bits per heavy atom. The first-order valence-electron chi connectivity index (χ1n) is 10.0. The predicted octanol–water partition coefficient (Wildman–Crippen LogP) is 4.29. The van der Waals surface area contributed by atoms with Crippen LogP contribution < -0.4 is 5.32 Å². The zero-order valence-corrected chi connectivity index (χ0v) is 19.7. The Morgan fingerprint density at radius 1 is 1.16 bits per heavy atom. The first kappa shape index (κ1) is 22.2. The number of anilines is 1. The quantitative estimate of drug-likeness (QED) is 0.437. The number of carbonyl (C=O) groups is 1. The van der Waals surface area contributed by atoms with Gasteiger partial charge in [0.15, 0.2) is 15.0 Å². The standard InChI is InChI=1S/C23H24N4O3S2/c1-23(2,21(28)26-22-24-11-12-31-22)20(16-7-5-4-6-8-16)17-9-10-19-18(13-17)14-25-27(19)15-32(3,29)30/h4-14,20H,15H2,1-3H3,(H,24,26,28). The van der Waals surface area contributed by atoms with Gasteiger partial charge in [0, 0.05) is 29.1 Å². The summed E-state index contributed by atoms with van der Waals surface area (Å²) in [6, 6.07) is 15.7. The van der Waals surface area contributed by atoms with Crippen molar-refractivity contribution in [1.82, 2.24) is 14.8 Å². The summed E-state index contributed by atoms with van der Waals surface area (Å²) in [5, 5.41) is 10.4. The minimum atomic E-state index is -3.22. The second kappa shape index (κ2) is 8.48. The van der Waals surface area contributed by atoms with E-state index in [-0.39, 0.29) is 17.7 Å². The van der Waals surface area contributed by atoms with Gasteiger partial charge in [-0.2, -0.15) is 5.10 Å². The Morgan fingerprint density at radius 2 is 1.91 bits per heavy atom. The fourth-order valence-electron chi connectivity index (χ4n) is 3.96. The van der Waals surface area contributed by atoms with Gasteiger partial charge in [-0.3, -0.25) is 4.79 Å². The van der Waals surface area contributed by atoms with Gasteiger partial charge >= 0.3 is 0 Å². The van der Waals surface area contributed by atoms with Crippen molar-refractivity contribution in [2.24, 2.45) is 5.41 Å². The number of benzene rings is 2. The molecule has 1 atom stereocenters. The Labute approximate surface area is 191 Å². The third kappa shape index (κ3) is 4.58. The lowest BCUT2D eigenvalue weighted by Gasteiger charge is -2.34. The fraction of sp³-hybridized carbons (Fsp3) is 0.261. The molecule has 0 aliphatic carbocycles. The summed E-state index contributed by atoms with van der Waals surface area (Å²) in [6.07, 6.45) is 4.50. The number of fused-ring (bicyclic) bond motifs is 1. The van der Waals surface area contributed by atoms with E-state index in [1.807, 2.05) is 67.8 Å². The Bertz CT molecular complexity index is 1340. The van der Waals surface area contributed by atoms with Gasteiger partial charge in [-0.25, -0.2) is 18.1 Å². The van der Waals surface area contributed by atoms with Crippen LogP contribution in [0.4, 0.5) is 5.13 Å². The molecule has 0 spiro atoms. The normalized spacial score (nSPS) is 13.2. The molecule has 0 saturated heterocycles. The molecule has 32 heavy (non-hydrogen) atoms. The van der Waals surface area contributed by atoms with Crippen LogP contribution in [0.2, 0.25) is 0 Å². The van der Waals surface area contributed by atoms with Gasteiger partial charge in [0.05, 0.1) is 17.1 Å². The molecule has 0 radical (unpaired) electrons. The van der Waals surface area contributed by atoms with E-state index in [9.17, 15) is 13.2 Å². The maximum Gasteiger partial charge on any atom is 0.232 e. The second-order valence-electron chi connectivity index (χ2n) is 8.37. The number of aromatic nitrogens is 3. The van der Waals surface area contributed by atoms with Crippen LogP contribution in [0.3, 0.4) is 0 Å². The molecule has 4 rings (SSSR count). The number of carbonyl (C=O) groups excluding carboxylic acids is 1. The SMILES string of the molecule is CC(C)(C(=O)Nc1nccs1)C(c1ccccc1)c1ccc2c(cnn2CS(C)(=O)=O)c1. The second-order valence-corrected chi connectivity index (χ2v) is 11.4. The van der Waals surface area contributed by atoms with E-state index < -0.39 is 15.3 Å². The lowest BCUT2D eigenvalue weighted by atomic mass is 9.70. The number of hydrogen-bond acceptors (Lipinski definition) is 6. The molecule has 1 amide bonds. The highest BCUT2D eigenvalue weighted by molar-refractivity contribution is 7.89. The van der Waals surface area contributed by atoms with Crippen molar-refractivity contribution in [2.75, 3.05) is 11.6 Å². The van der Waals surface area contributed by atoms with Gasteiger partial charge in [-0.15, -0.1) is 11.3 Å². The van der Waals surface area contributed by atoms with Gasteiger partial charge in [0.25, 0.3) is 0 Å². The highest BCUT2D eigenvalue weighted by Crippen LogP contribution is 2.42. The third-order valence-corrected chi connectivity index (χ3v) is 6.85. The zero-order chi connectivity index (χ0) is 22.9. The van der Waals surface area contributed by atoms with Gasteiger partial charge < -0.3 is 5.32 Å². The number of nitrogens with zero attached hydrogens (tertiary/aromatic N) is 3. The maximum atomic E-state index is 13.3. The zero-order valence-electron chi connectivity index (χ0n) is 18.0. The van der Waals surface area contributed by atoms with Gasteiger partial charge in [0.1, 0.15) is 5.88 Å². The first-order valence-corrected chi connectivity index (χ1v) is 13.0. The van der Waals surface area contributed by atoms with Crippen molar-refractivity contribution in [3.05, 3.63) is 77.4 Å². The fourth-order valence-corrected chi connectivity index (χ4v) is 5.13. The topological polar surface area (TPSA) is 93.9 Å². The number of nitrogens with one attached hydrogen (secondary N) is 1. The number of rotatable bonds is 7. The van der Waals surface area contributed by atoms with Crippen molar-refractivity contribution in [2.45, 2.75) is 25.6 Å². The molecule has 166 valence electrons. The number of thiazole rings is 1. The summed E-state index contributed by atoms with van der Waals surface area (Å²) >= 11 is 1.38. The number of sulfone groups is 1. The van der Waals surface area contributed by atoms with Crippen molar-refractivity contribution in [3.63, 3.8) is 0 Å². The Hall–Kier alpha value is -3.04. The summed E-state index contributed by atoms with van der Waals surface area (Å²) in [5.74, 6) is -0.555. The summed E-state index contributed by atoms with van der Waals surface area (Å²) < 4.78 is 24.9. The van der Waals surface area contributed by atoms with E-state index in [1.165, 1.54) is 22.3 Å². The molecule has 2 aromatic heterocycles. The van der Waals surface area contributed by atoms with Crippen molar-refractivity contribution >= 4 is 43.1 Å². The van der Waals surface area contributed by atoms with Crippen LogP contribution >= 0.6 is 11.3 Å². The number of hydrogen-bond donors (Lipinski definition) is 1. The summed E-state index contributed by atoms with van der Waals surface area (Å²) in [6.45, 7) is 3.84. The summed E-state index contributed by atoms with van der Waals surface area (Å²) in [4.78, 5) is 17.5. The molecule has 0 fully saturated rings. The molecule has 0 bridgehead atoms. The van der Waals surface area contributed by atoms with Crippen LogP contribution in [0, 0.1) is 5.41 Å². The van der Waals surface area contributed by atoms with E-state index >= 15 is 0 Å². The van der Waals surface area contributed by atoms with Crippen LogP contribution in [0.5, 0.6) is 0 Å². The molecule has 1 unspecified atom stereocenters. The summed E-state index contributed by atoms with van der Waals surface area (Å²) in [5.41, 5.74) is 1.89. The van der Waals surface area contributed by atoms with Gasteiger partial charge in [0.2, 0.25) is 5.91 Å². The van der Waals surface area contributed by atoms with E-state index in [1.54, 1.807) is 12.4 Å². The van der Waals surface area contributed by atoms with E-state index in [2.05, 4.69) is 15.4 Å². The molecule has 0 aliphatic rings. The Kier molecular flexibility index (Phi) is 5.87. The molecule has 0 saturated carbocycles. The largest absolute Gasteiger partial charge is 0.301 e. The third-order valence-electron chi connectivity index (χ3n) is 5.45. The van der Waals surface area contributed by atoms with Crippen LogP contribution in [-0.2, 0) is 20.5 Å². The highest BCUT2D eigenvalue weighted by Gasteiger charge is 2.39. The van der Waals surface area contributed by atoms with Crippen molar-refractivity contribution in [3.8, 4) is 0 Å². The molecular weight excluding hydrogens is 444 g/mol. The van der Waals surface area contributed by atoms with Crippen LogP contribution in [0.15, 0.2) is 66.3 Å². The maximum absolute atomic E-state index is 13.3. The first-order chi connectivity index (χ1) is 15.1. The lowest BCUT2D eigenvalue weighted by molar-refractivity contribution is -0.124. The average Bonchev–Trinajstić information content (AvgIpc) is 3.38. The molecular formula is C23H24N4O3S2. The van der Waals surface area contributed by atoms with E-state index in [0.717, 1.165) is 22.0 Å². The predicted molar refractivity (Wildman–Crippen MR) is 127 cm³/mol. The van der Waals surface area contributed by atoms with Gasteiger partial charge in [-0.05, 0) is 23.3 Å². The smallest absolute Gasteiger partial charge is 0.232 e. The van der Waals surface area contributed by atoms with Crippen LogP contribution in [-0.4, -0.2) is 35.3 Å². The molecule has 2 heterocycles. The van der Waals surface area contributed by atoms with Crippen LogP contribution in [0.1, 0.15) is 30.9 Å². The minimum Gasteiger partial charge on any atom is -0.301 e. The summed E-state index contributed by atoms with van der Waals surface area (Å²) in [7, 11) is -3.22. The molecule has 9 heteroatoms. The van der Waals surface area contributed by atoms with E-state index in [0.29, 0.717) is 5.13 Å². The van der Waals surface area contributed by atoms with Crippen molar-refractivity contribution in [1.29, 1.82) is 0 Å². The molecule has 0 aliphatic heterocycles. The lowest BCUT2D eigenvalue weighted by Crippen LogP contribution is -2.37. The highest BCUT2D eigenvalue weighted by atomic mass is 32.2. The van der Waals surface area contributed by atoms with Crippen LogP contribution in [0.25, 0.3) is 10.9 Å². The molecule has 4 aromatic rings. The number of amides is 1. The molecule has 2 aromatic carbocycles. The van der Waals surface area contributed by atoms with Gasteiger partial charge in [-0.1, -0.05) is 50.2 Å². The minimum absolute atomic E-state index is 0.130.